The zero-order valence-corrected chi connectivity index (χ0v) is 16.1. The molecule has 3 nitrogen and oxygen atoms in total. The summed E-state index contributed by atoms with van der Waals surface area (Å²) in [5, 5.41) is 5.90. The molecule has 0 bridgehead atoms. The Morgan fingerprint density at radius 1 is 0.889 bits per heavy atom. The zero-order valence-electron chi connectivity index (χ0n) is 15.3. The Morgan fingerprint density at radius 2 is 1.41 bits per heavy atom. The van der Waals surface area contributed by atoms with Crippen molar-refractivity contribution in [3.8, 4) is 0 Å². The van der Waals surface area contributed by atoms with Crippen LogP contribution in [0.1, 0.15) is 35.7 Å². The molecule has 0 saturated carbocycles. The first-order valence-electron chi connectivity index (χ1n) is 9.12. The van der Waals surface area contributed by atoms with Crippen LogP contribution in [0.15, 0.2) is 84.9 Å². The third-order valence-corrected chi connectivity index (χ3v) is 4.97. The molecule has 3 aromatic rings. The molecule has 4 heteroatoms. The van der Waals surface area contributed by atoms with E-state index in [-0.39, 0.29) is 18.0 Å². The van der Waals surface area contributed by atoms with Crippen molar-refractivity contribution in [3.05, 3.63) is 107 Å². The van der Waals surface area contributed by atoms with Crippen molar-refractivity contribution in [2.45, 2.75) is 19.0 Å². The lowest BCUT2D eigenvalue weighted by Crippen LogP contribution is -2.87. The van der Waals surface area contributed by atoms with Gasteiger partial charge in [0.2, 0.25) is 0 Å². The number of benzene rings is 3. The maximum absolute atomic E-state index is 12.6. The molecule has 0 aliphatic rings. The molecule has 3 N–H and O–H groups in total. The highest BCUT2D eigenvalue weighted by Crippen LogP contribution is 2.22. The summed E-state index contributed by atoms with van der Waals surface area (Å²) in [4.78, 5) is 12.6. The quantitative estimate of drug-likeness (QED) is 0.643. The molecule has 27 heavy (non-hydrogen) atoms. The monoisotopic (exact) mass is 379 g/mol. The molecule has 0 aliphatic carbocycles. The van der Waals surface area contributed by atoms with E-state index in [1.54, 1.807) is 0 Å². The Bertz CT molecular complexity index is 828. The van der Waals surface area contributed by atoms with Crippen LogP contribution < -0.4 is 10.6 Å². The average molecular weight is 380 g/mol. The minimum Gasteiger partial charge on any atom is -0.340 e. The van der Waals surface area contributed by atoms with Gasteiger partial charge in [0, 0.05) is 10.6 Å². The van der Waals surface area contributed by atoms with Crippen molar-refractivity contribution >= 4 is 17.5 Å². The minimum absolute atomic E-state index is 0.00777. The molecule has 0 radical (unpaired) electrons. The first kappa shape index (κ1) is 19.2. The first-order valence-corrected chi connectivity index (χ1v) is 9.50. The van der Waals surface area contributed by atoms with E-state index in [1.165, 1.54) is 0 Å². The Kier molecular flexibility index (Phi) is 6.64. The molecule has 0 heterocycles. The summed E-state index contributed by atoms with van der Waals surface area (Å²) >= 11 is 6.26. The summed E-state index contributed by atoms with van der Waals surface area (Å²) < 4.78 is 0. The van der Waals surface area contributed by atoms with E-state index >= 15 is 0 Å². The lowest BCUT2D eigenvalue weighted by molar-refractivity contribution is -0.682. The number of carbonyl (C=O) groups excluding carboxylic acids is 1. The average Bonchev–Trinajstić information content (AvgIpc) is 2.72. The van der Waals surface area contributed by atoms with Crippen LogP contribution in [0.5, 0.6) is 0 Å². The van der Waals surface area contributed by atoms with E-state index < -0.39 is 0 Å². The highest BCUT2D eigenvalue weighted by Gasteiger charge is 2.19. The summed E-state index contributed by atoms with van der Waals surface area (Å²) in [6, 6.07) is 27.8. The van der Waals surface area contributed by atoms with Gasteiger partial charge in [-0.15, -0.1) is 0 Å². The van der Waals surface area contributed by atoms with Gasteiger partial charge in [0.1, 0.15) is 6.04 Å². The van der Waals surface area contributed by atoms with Gasteiger partial charge in [-0.2, -0.15) is 0 Å². The van der Waals surface area contributed by atoms with Crippen molar-refractivity contribution in [1.29, 1.82) is 0 Å². The predicted molar refractivity (Wildman–Crippen MR) is 110 cm³/mol. The molecule has 0 fully saturated rings. The summed E-state index contributed by atoms with van der Waals surface area (Å²) in [7, 11) is 0. The summed E-state index contributed by atoms with van der Waals surface area (Å²) in [5.41, 5.74) is 3.17. The number of carbonyl (C=O) groups is 1. The predicted octanol–water partition coefficient (Wildman–Crippen LogP) is 3.87. The van der Waals surface area contributed by atoms with Crippen LogP contribution in [-0.4, -0.2) is 12.5 Å². The van der Waals surface area contributed by atoms with Gasteiger partial charge in [-0.3, -0.25) is 4.79 Å². The zero-order chi connectivity index (χ0) is 19.1. The minimum atomic E-state index is -0.163. The lowest BCUT2D eigenvalue weighted by atomic mass is 9.99. The van der Waals surface area contributed by atoms with Gasteiger partial charge in [-0.1, -0.05) is 90.5 Å². The molecular formula is C23H24ClN2O+. The highest BCUT2D eigenvalue weighted by atomic mass is 35.5. The molecule has 0 spiro atoms. The van der Waals surface area contributed by atoms with E-state index in [2.05, 4.69) is 12.2 Å². The largest absolute Gasteiger partial charge is 0.340 e. The molecular weight excluding hydrogens is 356 g/mol. The van der Waals surface area contributed by atoms with Gasteiger partial charge in [0.25, 0.3) is 5.91 Å². The van der Waals surface area contributed by atoms with Crippen molar-refractivity contribution in [1.82, 2.24) is 5.32 Å². The maximum Gasteiger partial charge on any atom is 0.275 e. The molecule has 1 atom stereocenters. The van der Waals surface area contributed by atoms with E-state index in [1.807, 2.05) is 90.2 Å². The van der Waals surface area contributed by atoms with Crippen LogP contribution in [0.2, 0.25) is 5.02 Å². The molecule has 0 saturated heterocycles. The van der Waals surface area contributed by atoms with Gasteiger partial charge >= 0.3 is 0 Å². The second kappa shape index (κ2) is 9.36. The number of hydrogen-bond donors (Lipinski definition) is 2. The number of halogens is 1. The van der Waals surface area contributed by atoms with Gasteiger partial charge in [-0.25, -0.2) is 0 Å². The van der Waals surface area contributed by atoms with Crippen molar-refractivity contribution in [2.75, 3.05) is 6.54 Å². The van der Waals surface area contributed by atoms with E-state index in [0.29, 0.717) is 6.54 Å². The molecule has 1 amide bonds. The maximum atomic E-state index is 12.6. The fourth-order valence-corrected chi connectivity index (χ4v) is 3.43. The Labute approximate surface area is 165 Å². The lowest BCUT2D eigenvalue weighted by Gasteiger charge is -2.20. The molecule has 0 unspecified atom stereocenters. The van der Waals surface area contributed by atoms with E-state index in [4.69, 9.17) is 11.6 Å². The molecule has 3 rings (SSSR count). The highest BCUT2D eigenvalue weighted by molar-refractivity contribution is 6.31. The van der Waals surface area contributed by atoms with Crippen LogP contribution in [0, 0.1) is 0 Å². The molecule has 3 aromatic carbocycles. The third kappa shape index (κ3) is 5.19. The van der Waals surface area contributed by atoms with Gasteiger partial charge in [0.15, 0.2) is 6.54 Å². The number of hydrogen-bond acceptors (Lipinski definition) is 1. The van der Waals surface area contributed by atoms with Crippen molar-refractivity contribution < 1.29 is 10.1 Å². The fourth-order valence-electron chi connectivity index (χ4n) is 3.13. The number of rotatable bonds is 7. The van der Waals surface area contributed by atoms with Crippen LogP contribution in [0.25, 0.3) is 0 Å². The van der Waals surface area contributed by atoms with Gasteiger partial charge in [0.05, 0.1) is 6.04 Å². The standard InChI is InChI=1S/C23H23ClN2O/c1-17(20-14-8-9-15-21(20)24)25-16-22(27)26-23(18-10-4-2-5-11-18)19-12-6-3-7-13-19/h2-15,17,23,25H,16H2,1H3,(H,26,27)/p+1/t17-/m1/s1. The normalized spacial score (nSPS) is 12.0. The second-order valence-corrected chi connectivity index (χ2v) is 6.98. The Balaban J connectivity index is 1.67. The van der Waals surface area contributed by atoms with Crippen LogP contribution in [0.3, 0.4) is 0 Å². The second-order valence-electron chi connectivity index (χ2n) is 6.57. The summed E-state index contributed by atoms with van der Waals surface area (Å²) in [6.07, 6.45) is 0. The number of nitrogens with two attached hydrogens (primary N) is 1. The van der Waals surface area contributed by atoms with Gasteiger partial charge in [-0.05, 0) is 24.1 Å². The summed E-state index contributed by atoms with van der Waals surface area (Å²) in [6.45, 7) is 2.39. The molecule has 138 valence electrons. The summed E-state index contributed by atoms with van der Waals surface area (Å²) in [5.74, 6) is -0.00777. The topological polar surface area (TPSA) is 45.7 Å². The first-order chi connectivity index (χ1) is 13.1. The van der Waals surface area contributed by atoms with Crippen LogP contribution >= 0.6 is 11.6 Å². The Morgan fingerprint density at radius 3 is 1.96 bits per heavy atom. The van der Waals surface area contributed by atoms with Gasteiger partial charge < -0.3 is 10.6 Å². The number of nitrogens with one attached hydrogen (secondary N) is 1. The fraction of sp³-hybridized carbons (Fsp3) is 0.174. The SMILES string of the molecule is C[C@@H]([NH2+]CC(=O)NC(c1ccccc1)c1ccccc1)c1ccccc1Cl. The van der Waals surface area contributed by atoms with Crippen molar-refractivity contribution in [3.63, 3.8) is 0 Å². The molecule has 0 aliphatic heterocycles. The van der Waals surface area contributed by atoms with Crippen LogP contribution in [-0.2, 0) is 4.79 Å². The number of quaternary nitrogens is 1. The number of amides is 1. The van der Waals surface area contributed by atoms with Crippen molar-refractivity contribution in [2.24, 2.45) is 0 Å². The molecule has 0 aromatic heterocycles. The van der Waals surface area contributed by atoms with E-state index in [9.17, 15) is 4.79 Å². The van der Waals surface area contributed by atoms with Crippen LogP contribution in [0.4, 0.5) is 0 Å². The third-order valence-electron chi connectivity index (χ3n) is 4.62. The smallest absolute Gasteiger partial charge is 0.275 e. The Hall–Kier alpha value is -2.62. The van der Waals surface area contributed by atoms with E-state index in [0.717, 1.165) is 21.7 Å².